The Balaban J connectivity index is 1.77. The number of hydrogen-bond donors (Lipinski definition) is 0. The van der Waals surface area contributed by atoms with Gasteiger partial charge in [-0.15, -0.1) is 15.3 Å². The summed E-state index contributed by atoms with van der Waals surface area (Å²) in [6.45, 7) is 0.232. The average molecular weight is 300 g/mol. The highest BCUT2D eigenvalue weighted by atomic mass is 16.5. The van der Waals surface area contributed by atoms with Crippen LogP contribution in [0.15, 0.2) is 30.3 Å². The first-order chi connectivity index (χ1) is 10.8. The molecule has 0 aliphatic heterocycles. The molecule has 0 spiro atoms. The minimum atomic E-state index is -0.423. The van der Waals surface area contributed by atoms with Crippen molar-refractivity contribution in [1.82, 2.24) is 40.4 Å². The lowest BCUT2D eigenvalue weighted by atomic mass is 10.3. The Labute approximate surface area is 124 Å². The second-order valence-corrected chi connectivity index (χ2v) is 4.33. The van der Waals surface area contributed by atoms with Crippen LogP contribution in [0.2, 0.25) is 0 Å². The molecule has 3 aromatic rings. The molecule has 0 bridgehead atoms. The SMILES string of the molecule is COC(=O)Cc1nnn(Cc2nnnn2-c2ccccc2)n1. The predicted molar refractivity (Wildman–Crippen MR) is 71.8 cm³/mol. The molecule has 2 aromatic heterocycles. The van der Waals surface area contributed by atoms with Gasteiger partial charge < -0.3 is 4.74 Å². The number of esters is 1. The van der Waals surface area contributed by atoms with E-state index in [1.165, 1.54) is 11.9 Å². The van der Waals surface area contributed by atoms with Crippen molar-refractivity contribution in [1.29, 1.82) is 0 Å². The topological polar surface area (TPSA) is 114 Å². The number of rotatable bonds is 5. The van der Waals surface area contributed by atoms with Crippen molar-refractivity contribution in [2.45, 2.75) is 13.0 Å². The van der Waals surface area contributed by atoms with Crippen LogP contribution < -0.4 is 0 Å². The third-order valence-electron chi connectivity index (χ3n) is 2.84. The summed E-state index contributed by atoms with van der Waals surface area (Å²) < 4.78 is 6.14. The van der Waals surface area contributed by atoms with E-state index in [2.05, 4.69) is 35.7 Å². The standard InChI is InChI=1S/C12H12N8O2/c1-22-12(21)7-10-13-17-19(15-10)8-11-14-16-18-20(11)9-5-3-2-4-6-9/h2-6H,7-8H2,1H3. The van der Waals surface area contributed by atoms with Crippen LogP contribution in [0.4, 0.5) is 0 Å². The number of hydrogen-bond acceptors (Lipinski definition) is 8. The van der Waals surface area contributed by atoms with E-state index in [0.717, 1.165) is 5.69 Å². The van der Waals surface area contributed by atoms with Gasteiger partial charge in [0.25, 0.3) is 0 Å². The van der Waals surface area contributed by atoms with Crippen molar-refractivity contribution in [2.24, 2.45) is 0 Å². The molecule has 0 aliphatic carbocycles. The molecule has 0 radical (unpaired) electrons. The first-order valence-electron chi connectivity index (χ1n) is 6.42. The molecule has 0 N–H and O–H groups in total. The van der Waals surface area contributed by atoms with Crippen LogP contribution in [0.25, 0.3) is 5.69 Å². The van der Waals surface area contributed by atoms with Crippen LogP contribution in [-0.2, 0) is 22.5 Å². The lowest BCUT2D eigenvalue weighted by Gasteiger charge is -2.02. The van der Waals surface area contributed by atoms with Gasteiger partial charge in [-0.25, -0.2) is 0 Å². The Kier molecular flexibility index (Phi) is 3.81. The van der Waals surface area contributed by atoms with Gasteiger partial charge in [-0.3, -0.25) is 4.79 Å². The summed E-state index contributed by atoms with van der Waals surface area (Å²) in [5.41, 5.74) is 0.831. The van der Waals surface area contributed by atoms with Crippen LogP contribution in [0.3, 0.4) is 0 Å². The smallest absolute Gasteiger partial charge is 0.313 e. The molecule has 0 atom stereocenters. The first-order valence-corrected chi connectivity index (χ1v) is 6.42. The van der Waals surface area contributed by atoms with Crippen LogP contribution in [0.1, 0.15) is 11.6 Å². The number of aromatic nitrogens is 8. The quantitative estimate of drug-likeness (QED) is 0.575. The van der Waals surface area contributed by atoms with Gasteiger partial charge in [0.1, 0.15) is 13.0 Å². The second kappa shape index (κ2) is 6.08. The van der Waals surface area contributed by atoms with Gasteiger partial charge in [-0.1, -0.05) is 18.2 Å². The number of nitrogens with zero attached hydrogens (tertiary/aromatic N) is 8. The zero-order valence-electron chi connectivity index (χ0n) is 11.7. The number of carbonyl (C=O) groups excluding carboxylic acids is 1. The third kappa shape index (κ3) is 2.95. The van der Waals surface area contributed by atoms with E-state index in [1.807, 2.05) is 30.3 Å². The van der Waals surface area contributed by atoms with Crippen molar-refractivity contribution >= 4 is 5.97 Å². The van der Waals surface area contributed by atoms with E-state index in [4.69, 9.17) is 0 Å². The van der Waals surface area contributed by atoms with Gasteiger partial charge in [0.15, 0.2) is 11.6 Å². The number of para-hydroxylation sites is 1. The van der Waals surface area contributed by atoms with Crippen molar-refractivity contribution in [3.8, 4) is 5.69 Å². The summed E-state index contributed by atoms with van der Waals surface area (Å²) in [5.74, 6) is 0.410. The van der Waals surface area contributed by atoms with E-state index in [-0.39, 0.29) is 18.8 Å². The molecule has 112 valence electrons. The fourth-order valence-corrected chi connectivity index (χ4v) is 1.82. The van der Waals surface area contributed by atoms with Gasteiger partial charge in [0.2, 0.25) is 0 Å². The summed E-state index contributed by atoms with van der Waals surface area (Å²) in [7, 11) is 1.31. The summed E-state index contributed by atoms with van der Waals surface area (Å²) in [5, 5.41) is 23.3. The maximum atomic E-state index is 11.2. The molecule has 2 heterocycles. The van der Waals surface area contributed by atoms with Gasteiger partial charge in [0, 0.05) is 0 Å². The van der Waals surface area contributed by atoms with Crippen molar-refractivity contribution in [3.05, 3.63) is 42.0 Å². The minimum Gasteiger partial charge on any atom is -0.469 e. The Hall–Kier alpha value is -3.17. The van der Waals surface area contributed by atoms with Crippen molar-refractivity contribution in [3.63, 3.8) is 0 Å². The summed E-state index contributed by atoms with van der Waals surface area (Å²) >= 11 is 0. The molecule has 0 aliphatic rings. The van der Waals surface area contributed by atoms with Crippen LogP contribution >= 0.6 is 0 Å². The second-order valence-electron chi connectivity index (χ2n) is 4.33. The van der Waals surface area contributed by atoms with Gasteiger partial charge in [-0.2, -0.15) is 9.48 Å². The molecular weight excluding hydrogens is 288 g/mol. The highest BCUT2D eigenvalue weighted by molar-refractivity contribution is 5.71. The lowest BCUT2D eigenvalue weighted by Crippen LogP contribution is -2.11. The predicted octanol–water partition coefficient (Wildman–Crippen LogP) is -0.587. The lowest BCUT2D eigenvalue weighted by molar-refractivity contribution is -0.139. The van der Waals surface area contributed by atoms with Crippen LogP contribution in [-0.4, -0.2) is 53.5 Å². The number of tetrazole rings is 2. The average Bonchev–Trinajstić information content (AvgIpc) is 3.18. The van der Waals surface area contributed by atoms with E-state index in [1.54, 1.807) is 4.68 Å². The summed E-state index contributed by atoms with van der Waals surface area (Å²) in [6.07, 6.45) is -0.0277. The summed E-state index contributed by atoms with van der Waals surface area (Å²) in [4.78, 5) is 12.5. The van der Waals surface area contributed by atoms with Crippen molar-refractivity contribution in [2.75, 3.05) is 7.11 Å². The zero-order chi connectivity index (χ0) is 15.4. The monoisotopic (exact) mass is 300 g/mol. The maximum absolute atomic E-state index is 11.2. The van der Waals surface area contributed by atoms with E-state index in [0.29, 0.717) is 5.82 Å². The van der Waals surface area contributed by atoms with Crippen molar-refractivity contribution < 1.29 is 9.53 Å². The van der Waals surface area contributed by atoms with E-state index in [9.17, 15) is 4.79 Å². The van der Waals surface area contributed by atoms with E-state index < -0.39 is 5.97 Å². The molecule has 3 rings (SSSR count). The molecule has 22 heavy (non-hydrogen) atoms. The molecular formula is C12H12N8O2. The Morgan fingerprint density at radius 2 is 2.00 bits per heavy atom. The molecule has 0 fully saturated rings. The largest absolute Gasteiger partial charge is 0.469 e. The first kappa shape index (κ1) is 13.8. The van der Waals surface area contributed by atoms with E-state index >= 15 is 0 Å². The Morgan fingerprint density at radius 1 is 1.18 bits per heavy atom. The van der Waals surface area contributed by atoms with Gasteiger partial charge >= 0.3 is 5.97 Å². The normalized spacial score (nSPS) is 10.6. The minimum absolute atomic E-state index is 0.0277. The fraction of sp³-hybridized carbons (Fsp3) is 0.250. The molecule has 0 unspecified atom stereocenters. The number of ether oxygens (including phenoxy) is 1. The molecule has 1 aromatic carbocycles. The van der Waals surface area contributed by atoms with Gasteiger partial charge in [0.05, 0.1) is 12.8 Å². The molecule has 10 heteroatoms. The fourth-order valence-electron chi connectivity index (χ4n) is 1.82. The number of carbonyl (C=O) groups is 1. The highest BCUT2D eigenvalue weighted by Crippen LogP contribution is 2.07. The van der Waals surface area contributed by atoms with Crippen LogP contribution in [0.5, 0.6) is 0 Å². The maximum Gasteiger partial charge on any atom is 0.313 e. The summed E-state index contributed by atoms with van der Waals surface area (Å²) in [6, 6.07) is 9.46. The third-order valence-corrected chi connectivity index (χ3v) is 2.84. The molecule has 0 saturated carbocycles. The molecule has 0 amide bonds. The highest BCUT2D eigenvalue weighted by Gasteiger charge is 2.13. The number of methoxy groups -OCH3 is 1. The Bertz CT molecular complexity index is 766. The van der Waals surface area contributed by atoms with Crippen LogP contribution in [0, 0.1) is 0 Å². The van der Waals surface area contributed by atoms with Gasteiger partial charge in [-0.05, 0) is 27.8 Å². The number of benzene rings is 1. The molecule has 10 nitrogen and oxygen atoms in total. The Morgan fingerprint density at radius 3 is 2.77 bits per heavy atom. The molecule has 0 saturated heterocycles. The zero-order valence-corrected chi connectivity index (χ0v) is 11.7.